The predicted octanol–water partition coefficient (Wildman–Crippen LogP) is 2.85. The van der Waals surface area contributed by atoms with Crippen LogP contribution in [0.25, 0.3) is 0 Å². The quantitative estimate of drug-likeness (QED) is 0.770. The van der Waals surface area contributed by atoms with Crippen LogP contribution in [-0.4, -0.2) is 35.9 Å². The van der Waals surface area contributed by atoms with Crippen LogP contribution in [0, 0.1) is 0 Å². The highest BCUT2D eigenvalue weighted by Gasteiger charge is 2.15. The molecule has 0 fully saturated rings. The van der Waals surface area contributed by atoms with Crippen molar-refractivity contribution < 1.29 is 9.84 Å². The van der Waals surface area contributed by atoms with E-state index in [2.05, 4.69) is 31.3 Å². The molecule has 108 valence electrons. The SMILES string of the molecule is CCNC(CSC(C)C(C)O)c1ccc(OC)cc1. The van der Waals surface area contributed by atoms with Gasteiger partial charge in [-0.05, 0) is 31.2 Å². The number of aliphatic hydroxyl groups excluding tert-OH is 1. The van der Waals surface area contributed by atoms with Crippen molar-refractivity contribution >= 4 is 11.8 Å². The third kappa shape index (κ3) is 5.43. The van der Waals surface area contributed by atoms with Crippen LogP contribution < -0.4 is 10.1 Å². The molecule has 1 rings (SSSR count). The van der Waals surface area contributed by atoms with Gasteiger partial charge >= 0.3 is 0 Å². The molecule has 0 aliphatic rings. The van der Waals surface area contributed by atoms with Crippen LogP contribution in [0.1, 0.15) is 32.4 Å². The number of methoxy groups -OCH3 is 1. The molecule has 3 atom stereocenters. The minimum absolute atomic E-state index is 0.249. The molecule has 0 radical (unpaired) electrons. The number of thioether (sulfide) groups is 1. The molecule has 2 N–H and O–H groups in total. The highest BCUT2D eigenvalue weighted by molar-refractivity contribution is 7.99. The summed E-state index contributed by atoms with van der Waals surface area (Å²) in [6, 6.07) is 8.48. The lowest BCUT2D eigenvalue weighted by atomic mass is 10.1. The molecular weight excluding hydrogens is 258 g/mol. The number of benzene rings is 1. The van der Waals surface area contributed by atoms with Crippen LogP contribution in [0.3, 0.4) is 0 Å². The molecule has 0 bridgehead atoms. The van der Waals surface area contributed by atoms with Crippen LogP contribution in [0.5, 0.6) is 5.75 Å². The summed E-state index contributed by atoms with van der Waals surface area (Å²) in [6.45, 7) is 6.94. The molecule has 19 heavy (non-hydrogen) atoms. The van der Waals surface area contributed by atoms with Gasteiger partial charge in [-0.25, -0.2) is 0 Å². The van der Waals surface area contributed by atoms with Gasteiger partial charge in [0.05, 0.1) is 13.2 Å². The Labute approximate surface area is 120 Å². The monoisotopic (exact) mass is 283 g/mol. The highest BCUT2D eigenvalue weighted by Crippen LogP contribution is 2.24. The fourth-order valence-corrected chi connectivity index (χ4v) is 2.83. The van der Waals surface area contributed by atoms with Crippen LogP contribution in [0.15, 0.2) is 24.3 Å². The van der Waals surface area contributed by atoms with Gasteiger partial charge in [-0.1, -0.05) is 26.0 Å². The summed E-state index contributed by atoms with van der Waals surface area (Å²) in [4.78, 5) is 0. The van der Waals surface area contributed by atoms with E-state index in [4.69, 9.17) is 4.74 Å². The van der Waals surface area contributed by atoms with E-state index in [1.165, 1.54) is 5.56 Å². The second-order valence-electron chi connectivity index (χ2n) is 4.66. The summed E-state index contributed by atoms with van der Waals surface area (Å²) in [6.07, 6.45) is -0.275. The Kier molecular flexibility index (Phi) is 7.28. The first-order valence-corrected chi connectivity index (χ1v) is 7.80. The topological polar surface area (TPSA) is 41.5 Å². The number of aliphatic hydroxyl groups is 1. The van der Waals surface area contributed by atoms with E-state index in [0.717, 1.165) is 18.0 Å². The van der Waals surface area contributed by atoms with E-state index in [9.17, 15) is 5.11 Å². The van der Waals surface area contributed by atoms with Gasteiger partial charge in [-0.15, -0.1) is 0 Å². The van der Waals surface area contributed by atoms with Gasteiger partial charge in [0.2, 0.25) is 0 Å². The average Bonchev–Trinajstić information content (AvgIpc) is 2.43. The number of nitrogens with one attached hydrogen (secondary N) is 1. The van der Waals surface area contributed by atoms with Gasteiger partial charge in [0.15, 0.2) is 0 Å². The molecule has 0 saturated heterocycles. The zero-order chi connectivity index (χ0) is 14.3. The lowest BCUT2D eigenvalue weighted by molar-refractivity contribution is 0.196. The zero-order valence-corrected chi connectivity index (χ0v) is 13.0. The van der Waals surface area contributed by atoms with Crippen molar-refractivity contribution in [2.75, 3.05) is 19.4 Å². The first-order chi connectivity index (χ1) is 9.08. The number of ether oxygens (including phenoxy) is 1. The van der Waals surface area contributed by atoms with Crippen LogP contribution >= 0.6 is 11.8 Å². The summed E-state index contributed by atoms with van der Waals surface area (Å²) < 4.78 is 5.18. The third-order valence-corrected chi connectivity index (χ3v) is 4.62. The summed E-state index contributed by atoms with van der Waals surface area (Å²) in [7, 11) is 1.68. The molecule has 0 aliphatic heterocycles. The van der Waals surface area contributed by atoms with Gasteiger partial charge in [-0.3, -0.25) is 0 Å². The summed E-state index contributed by atoms with van der Waals surface area (Å²) in [5, 5.41) is 13.3. The Morgan fingerprint density at radius 2 is 1.89 bits per heavy atom. The fraction of sp³-hybridized carbons (Fsp3) is 0.600. The fourth-order valence-electron chi connectivity index (χ4n) is 1.74. The molecule has 0 aliphatic carbocycles. The van der Waals surface area contributed by atoms with Gasteiger partial charge in [-0.2, -0.15) is 11.8 Å². The minimum Gasteiger partial charge on any atom is -0.497 e. The maximum atomic E-state index is 9.54. The molecule has 0 heterocycles. The molecule has 0 spiro atoms. The van der Waals surface area contributed by atoms with Gasteiger partial charge < -0.3 is 15.2 Å². The van der Waals surface area contributed by atoms with Crippen LogP contribution in [0.2, 0.25) is 0 Å². The lowest BCUT2D eigenvalue weighted by Gasteiger charge is -2.21. The highest BCUT2D eigenvalue weighted by atomic mass is 32.2. The summed E-state index contributed by atoms with van der Waals surface area (Å²) in [5.41, 5.74) is 1.26. The van der Waals surface area contributed by atoms with E-state index >= 15 is 0 Å². The first-order valence-electron chi connectivity index (χ1n) is 6.75. The van der Waals surface area contributed by atoms with Crippen molar-refractivity contribution in [1.29, 1.82) is 0 Å². The van der Waals surface area contributed by atoms with Crippen molar-refractivity contribution in [3.8, 4) is 5.75 Å². The predicted molar refractivity (Wildman–Crippen MR) is 83.0 cm³/mol. The molecule has 3 nitrogen and oxygen atoms in total. The lowest BCUT2D eigenvalue weighted by Crippen LogP contribution is -2.25. The Morgan fingerprint density at radius 3 is 2.37 bits per heavy atom. The molecule has 0 saturated carbocycles. The Balaban J connectivity index is 2.64. The summed E-state index contributed by atoms with van der Waals surface area (Å²) >= 11 is 1.79. The van der Waals surface area contributed by atoms with Crippen molar-refractivity contribution in [3.05, 3.63) is 29.8 Å². The van der Waals surface area contributed by atoms with E-state index in [1.807, 2.05) is 19.1 Å². The molecule has 4 heteroatoms. The van der Waals surface area contributed by atoms with E-state index in [-0.39, 0.29) is 11.4 Å². The second kappa shape index (κ2) is 8.46. The molecule has 3 unspecified atom stereocenters. The van der Waals surface area contributed by atoms with Gasteiger partial charge in [0.25, 0.3) is 0 Å². The van der Waals surface area contributed by atoms with E-state index in [0.29, 0.717) is 6.04 Å². The largest absolute Gasteiger partial charge is 0.497 e. The first kappa shape index (κ1) is 16.3. The molecule has 0 amide bonds. The summed E-state index contributed by atoms with van der Waals surface area (Å²) in [5.74, 6) is 1.83. The maximum Gasteiger partial charge on any atom is 0.118 e. The molecule has 1 aromatic rings. The zero-order valence-electron chi connectivity index (χ0n) is 12.2. The Bertz CT molecular complexity index is 354. The van der Waals surface area contributed by atoms with Crippen molar-refractivity contribution in [3.63, 3.8) is 0 Å². The standard InChI is InChI=1S/C15H25NO2S/c1-5-16-15(10-19-12(3)11(2)17)13-6-8-14(18-4)9-7-13/h6-9,11-12,15-17H,5,10H2,1-4H3. The Hall–Kier alpha value is -0.710. The van der Waals surface area contributed by atoms with Crippen molar-refractivity contribution in [2.45, 2.75) is 38.2 Å². The van der Waals surface area contributed by atoms with Crippen LogP contribution in [0.4, 0.5) is 0 Å². The average molecular weight is 283 g/mol. The second-order valence-corrected chi connectivity index (χ2v) is 6.07. The smallest absolute Gasteiger partial charge is 0.118 e. The third-order valence-electron chi connectivity index (χ3n) is 3.17. The van der Waals surface area contributed by atoms with E-state index in [1.54, 1.807) is 18.9 Å². The van der Waals surface area contributed by atoms with Gasteiger partial charge in [0.1, 0.15) is 5.75 Å². The Morgan fingerprint density at radius 1 is 1.26 bits per heavy atom. The number of hydrogen-bond donors (Lipinski definition) is 2. The van der Waals surface area contributed by atoms with Crippen molar-refractivity contribution in [2.24, 2.45) is 0 Å². The molecule has 1 aromatic carbocycles. The number of rotatable bonds is 8. The van der Waals surface area contributed by atoms with E-state index < -0.39 is 0 Å². The number of hydrogen-bond acceptors (Lipinski definition) is 4. The van der Waals surface area contributed by atoms with Crippen LogP contribution in [-0.2, 0) is 0 Å². The molecular formula is C15H25NO2S. The van der Waals surface area contributed by atoms with Gasteiger partial charge in [0, 0.05) is 17.0 Å². The maximum absolute atomic E-state index is 9.54. The normalized spacial score (nSPS) is 15.8. The van der Waals surface area contributed by atoms with Crippen molar-refractivity contribution in [1.82, 2.24) is 5.32 Å². The minimum atomic E-state index is -0.275. The molecule has 0 aromatic heterocycles.